The number of terminal acetylenes is 2. The van der Waals surface area contributed by atoms with E-state index in [1.807, 2.05) is 24.3 Å². The summed E-state index contributed by atoms with van der Waals surface area (Å²) in [6.45, 7) is 5.71. The van der Waals surface area contributed by atoms with Gasteiger partial charge in [-0.1, -0.05) is 25.7 Å². The Morgan fingerprint density at radius 3 is 2.57 bits per heavy atom. The average Bonchev–Trinajstić information content (AvgIpc) is 2.88. The van der Waals surface area contributed by atoms with Crippen molar-refractivity contribution in [3.8, 4) is 24.7 Å². The quantitative estimate of drug-likeness (QED) is 0.845. The van der Waals surface area contributed by atoms with Crippen LogP contribution < -0.4 is 5.32 Å². The first-order valence-electron chi connectivity index (χ1n) is 7.57. The number of nitrogens with zero attached hydrogens (tertiary/aromatic N) is 2. The summed E-state index contributed by atoms with van der Waals surface area (Å²) in [7, 11) is 0. The van der Waals surface area contributed by atoms with Crippen LogP contribution in [-0.2, 0) is 6.54 Å². The zero-order valence-corrected chi connectivity index (χ0v) is 13.5. The highest BCUT2D eigenvalue weighted by atomic mass is 16.2. The Hall–Kier alpha value is -2.85. The highest BCUT2D eigenvalue weighted by Crippen LogP contribution is 2.21. The Balaban J connectivity index is 2.17. The maximum absolute atomic E-state index is 12.2. The van der Waals surface area contributed by atoms with E-state index >= 15 is 0 Å². The van der Waals surface area contributed by atoms with Crippen molar-refractivity contribution in [3.63, 3.8) is 0 Å². The smallest absolute Gasteiger partial charge is 0.323 e. The van der Waals surface area contributed by atoms with Crippen LogP contribution in [0.4, 0.5) is 10.5 Å². The maximum atomic E-state index is 12.2. The predicted octanol–water partition coefficient (Wildman–Crippen LogP) is 3.40. The Kier molecular flexibility index (Phi) is 5.33. The number of rotatable bonds is 5. The number of amides is 2. The third kappa shape index (κ3) is 4.08. The van der Waals surface area contributed by atoms with Gasteiger partial charge in [-0.2, -0.15) is 0 Å². The number of nitrogens with one attached hydrogen (secondary N) is 1. The number of carbonyl (C=O) groups is 1. The molecule has 0 radical (unpaired) electrons. The molecule has 0 unspecified atom stereocenters. The summed E-state index contributed by atoms with van der Waals surface area (Å²) < 4.78 is 2.22. The highest BCUT2D eigenvalue weighted by Gasteiger charge is 2.12. The molecule has 2 amide bonds. The van der Waals surface area contributed by atoms with Crippen molar-refractivity contribution in [1.82, 2.24) is 9.47 Å². The van der Waals surface area contributed by atoms with Crippen molar-refractivity contribution in [3.05, 3.63) is 30.5 Å². The molecule has 1 aromatic heterocycles. The van der Waals surface area contributed by atoms with Crippen LogP contribution in [0.15, 0.2) is 30.5 Å². The van der Waals surface area contributed by atoms with Gasteiger partial charge >= 0.3 is 6.03 Å². The third-order valence-electron chi connectivity index (χ3n) is 3.44. The number of fused-ring (bicyclic) bond motifs is 1. The van der Waals surface area contributed by atoms with E-state index in [2.05, 4.69) is 41.8 Å². The van der Waals surface area contributed by atoms with Gasteiger partial charge in [-0.15, -0.1) is 12.8 Å². The minimum atomic E-state index is -0.290. The van der Waals surface area contributed by atoms with Crippen molar-refractivity contribution in [1.29, 1.82) is 0 Å². The van der Waals surface area contributed by atoms with Gasteiger partial charge in [0.15, 0.2) is 0 Å². The van der Waals surface area contributed by atoms with E-state index < -0.39 is 0 Å². The molecule has 0 saturated carbocycles. The molecule has 1 heterocycles. The fourth-order valence-electron chi connectivity index (χ4n) is 2.45. The first-order chi connectivity index (χ1) is 11.0. The second-order valence-corrected chi connectivity index (χ2v) is 5.83. The van der Waals surface area contributed by atoms with E-state index in [1.54, 1.807) is 0 Å². The summed E-state index contributed by atoms with van der Waals surface area (Å²) >= 11 is 0. The monoisotopic (exact) mass is 307 g/mol. The van der Waals surface area contributed by atoms with Crippen LogP contribution in [-0.4, -0.2) is 28.6 Å². The second kappa shape index (κ2) is 7.42. The summed E-state index contributed by atoms with van der Waals surface area (Å²) in [6.07, 6.45) is 12.6. The van der Waals surface area contributed by atoms with E-state index in [1.165, 1.54) is 4.90 Å². The average molecular weight is 307 g/mol. The lowest BCUT2D eigenvalue weighted by Gasteiger charge is -2.18. The maximum Gasteiger partial charge on any atom is 0.323 e. The van der Waals surface area contributed by atoms with Crippen LogP contribution in [0, 0.1) is 30.6 Å². The van der Waals surface area contributed by atoms with E-state index in [0.29, 0.717) is 5.92 Å². The van der Waals surface area contributed by atoms with Crippen molar-refractivity contribution in [2.24, 2.45) is 5.92 Å². The minimum Gasteiger partial charge on any atom is -0.347 e. The van der Waals surface area contributed by atoms with Gasteiger partial charge in [-0.05, 0) is 30.2 Å². The molecule has 0 atom stereocenters. The number of aromatic nitrogens is 1. The molecule has 0 aliphatic heterocycles. The van der Waals surface area contributed by atoms with Crippen molar-refractivity contribution in [2.45, 2.75) is 20.4 Å². The van der Waals surface area contributed by atoms with Crippen molar-refractivity contribution < 1.29 is 4.79 Å². The molecule has 2 rings (SSSR count). The SMILES string of the molecule is C#CCN(CC#C)C(=O)Nc1ccc2c(ccn2CC(C)C)c1. The summed E-state index contributed by atoms with van der Waals surface area (Å²) in [6, 6.07) is 7.62. The second-order valence-electron chi connectivity index (χ2n) is 5.83. The standard InChI is InChI=1S/C19H21N3O/c1-5-10-21(11-6-2)19(23)20-17-7-8-18-16(13-17)9-12-22(18)14-15(3)4/h1-2,7-9,12-13,15H,10-11,14H2,3-4H3,(H,20,23). The third-order valence-corrected chi connectivity index (χ3v) is 3.44. The number of anilines is 1. The normalized spacial score (nSPS) is 10.3. The number of hydrogen-bond acceptors (Lipinski definition) is 1. The minimum absolute atomic E-state index is 0.184. The largest absolute Gasteiger partial charge is 0.347 e. The molecule has 0 fully saturated rings. The summed E-state index contributed by atoms with van der Waals surface area (Å²) in [5.74, 6) is 5.45. The fourth-order valence-corrected chi connectivity index (χ4v) is 2.45. The van der Waals surface area contributed by atoms with Gasteiger partial charge in [0, 0.05) is 29.3 Å². The summed E-state index contributed by atoms with van der Waals surface area (Å²) in [4.78, 5) is 13.6. The van der Waals surface area contributed by atoms with Crippen LogP contribution in [0.3, 0.4) is 0 Å². The van der Waals surface area contributed by atoms with Crippen LogP contribution in [0.25, 0.3) is 10.9 Å². The van der Waals surface area contributed by atoms with Gasteiger partial charge in [-0.25, -0.2) is 4.79 Å². The molecule has 1 N–H and O–H groups in total. The molecule has 4 heteroatoms. The molecule has 1 aromatic carbocycles. The van der Waals surface area contributed by atoms with Gasteiger partial charge < -0.3 is 14.8 Å². The predicted molar refractivity (Wildman–Crippen MR) is 95.0 cm³/mol. The van der Waals surface area contributed by atoms with Crippen molar-refractivity contribution in [2.75, 3.05) is 18.4 Å². The Morgan fingerprint density at radius 1 is 1.26 bits per heavy atom. The summed E-state index contributed by atoms with van der Waals surface area (Å²) in [5.41, 5.74) is 1.88. The highest BCUT2D eigenvalue weighted by molar-refractivity contribution is 5.93. The summed E-state index contributed by atoms with van der Waals surface area (Å²) in [5, 5.41) is 3.93. The number of hydrogen-bond donors (Lipinski definition) is 1. The lowest BCUT2D eigenvalue weighted by Crippen LogP contribution is -2.35. The molecular formula is C19H21N3O. The topological polar surface area (TPSA) is 37.3 Å². The molecule has 0 saturated heterocycles. The number of urea groups is 1. The Morgan fingerprint density at radius 2 is 1.96 bits per heavy atom. The van der Waals surface area contributed by atoms with Gasteiger partial charge in [0.05, 0.1) is 13.1 Å². The molecular weight excluding hydrogens is 286 g/mol. The molecule has 23 heavy (non-hydrogen) atoms. The lowest BCUT2D eigenvalue weighted by atomic mass is 10.2. The zero-order valence-electron chi connectivity index (χ0n) is 13.5. The molecule has 2 aromatic rings. The van der Waals surface area contributed by atoms with Crippen LogP contribution in [0.5, 0.6) is 0 Å². The lowest BCUT2D eigenvalue weighted by molar-refractivity contribution is 0.223. The van der Waals surface area contributed by atoms with E-state index in [4.69, 9.17) is 12.8 Å². The Labute approximate surface area is 137 Å². The van der Waals surface area contributed by atoms with E-state index in [-0.39, 0.29) is 19.1 Å². The van der Waals surface area contributed by atoms with Gasteiger partial charge in [0.2, 0.25) is 0 Å². The van der Waals surface area contributed by atoms with Gasteiger partial charge in [-0.3, -0.25) is 0 Å². The van der Waals surface area contributed by atoms with Crippen molar-refractivity contribution >= 4 is 22.6 Å². The molecule has 0 aliphatic rings. The van der Waals surface area contributed by atoms with Gasteiger partial charge in [0.1, 0.15) is 0 Å². The first kappa shape index (κ1) is 16.5. The first-order valence-corrected chi connectivity index (χ1v) is 7.57. The molecule has 0 bridgehead atoms. The van der Waals surface area contributed by atoms with Crippen LogP contribution in [0.2, 0.25) is 0 Å². The molecule has 4 nitrogen and oxygen atoms in total. The number of carbonyl (C=O) groups excluding carboxylic acids is 1. The van der Waals surface area contributed by atoms with E-state index in [9.17, 15) is 4.79 Å². The molecule has 0 aliphatic carbocycles. The van der Waals surface area contributed by atoms with Crippen LogP contribution >= 0.6 is 0 Å². The fraction of sp³-hybridized carbons (Fsp3) is 0.316. The molecule has 118 valence electrons. The van der Waals surface area contributed by atoms with Crippen LogP contribution in [0.1, 0.15) is 13.8 Å². The van der Waals surface area contributed by atoms with Gasteiger partial charge in [0.25, 0.3) is 0 Å². The Bertz CT molecular complexity index is 758. The molecule has 0 spiro atoms. The zero-order chi connectivity index (χ0) is 16.8. The number of benzene rings is 1. The van der Waals surface area contributed by atoms with E-state index in [0.717, 1.165) is 23.1 Å².